The van der Waals surface area contributed by atoms with E-state index in [9.17, 15) is 9.90 Å². The summed E-state index contributed by atoms with van der Waals surface area (Å²) in [6.45, 7) is 14.2. The molecular formula is C15H26N2O2S. The van der Waals surface area contributed by atoms with Crippen molar-refractivity contribution in [1.29, 1.82) is 0 Å². The molecule has 2 unspecified atom stereocenters. The first-order valence-corrected chi connectivity index (χ1v) is 7.82. The van der Waals surface area contributed by atoms with Crippen LogP contribution in [0.5, 0.6) is 0 Å². The molecule has 0 aromatic carbocycles. The van der Waals surface area contributed by atoms with Crippen LogP contribution in [0.3, 0.4) is 0 Å². The van der Waals surface area contributed by atoms with Crippen molar-refractivity contribution in [1.82, 2.24) is 10.3 Å². The number of thiazole rings is 1. The summed E-state index contributed by atoms with van der Waals surface area (Å²) < 4.78 is 0. The number of rotatable bonds is 5. The van der Waals surface area contributed by atoms with Crippen LogP contribution in [0.15, 0.2) is 0 Å². The third-order valence-corrected chi connectivity index (χ3v) is 5.00. The zero-order valence-corrected chi connectivity index (χ0v) is 14.3. The van der Waals surface area contributed by atoms with E-state index in [4.69, 9.17) is 0 Å². The molecule has 2 atom stereocenters. The summed E-state index contributed by atoms with van der Waals surface area (Å²) in [5, 5.41) is 13.6. The summed E-state index contributed by atoms with van der Waals surface area (Å²) >= 11 is 1.67. The lowest BCUT2D eigenvalue weighted by Gasteiger charge is -2.22. The molecule has 0 amide bonds. The maximum atomic E-state index is 11.3. The van der Waals surface area contributed by atoms with E-state index in [1.54, 1.807) is 11.3 Å². The van der Waals surface area contributed by atoms with Crippen molar-refractivity contribution < 1.29 is 9.90 Å². The molecule has 0 radical (unpaired) electrons. The number of hydrogen-bond donors (Lipinski definition) is 2. The summed E-state index contributed by atoms with van der Waals surface area (Å²) in [4.78, 5) is 17.0. The molecule has 0 spiro atoms. The third-order valence-electron chi connectivity index (χ3n) is 3.23. The van der Waals surface area contributed by atoms with Gasteiger partial charge in [0.05, 0.1) is 10.7 Å². The van der Waals surface area contributed by atoms with Gasteiger partial charge in [-0.1, -0.05) is 34.6 Å². The van der Waals surface area contributed by atoms with Crippen molar-refractivity contribution in [2.24, 2.45) is 5.92 Å². The van der Waals surface area contributed by atoms with Gasteiger partial charge in [-0.3, -0.25) is 10.1 Å². The number of nitrogens with zero attached hydrogens (tertiary/aromatic N) is 1. The monoisotopic (exact) mass is 298 g/mol. The molecule has 114 valence electrons. The fourth-order valence-corrected chi connectivity index (χ4v) is 3.16. The zero-order chi connectivity index (χ0) is 15.7. The van der Waals surface area contributed by atoms with Gasteiger partial charge in [0.1, 0.15) is 6.04 Å². The molecule has 4 nitrogen and oxygen atoms in total. The maximum Gasteiger partial charge on any atom is 0.320 e. The lowest BCUT2D eigenvalue weighted by atomic mass is 9.98. The van der Waals surface area contributed by atoms with Gasteiger partial charge in [0.15, 0.2) is 0 Å². The van der Waals surface area contributed by atoms with Crippen molar-refractivity contribution in [3.63, 3.8) is 0 Å². The predicted octanol–water partition coefficient (Wildman–Crippen LogP) is 3.51. The Labute approximate surface area is 125 Å². The Morgan fingerprint density at radius 2 is 1.85 bits per heavy atom. The van der Waals surface area contributed by atoms with Crippen molar-refractivity contribution in [2.45, 2.75) is 66.0 Å². The van der Waals surface area contributed by atoms with Crippen LogP contribution in [0.1, 0.15) is 63.2 Å². The molecule has 1 aromatic heterocycles. The van der Waals surface area contributed by atoms with Crippen LogP contribution >= 0.6 is 11.3 Å². The summed E-state index contributed by atoms with van der Waals surface area (Å²) in [5.74, 6) is -0.754. The Bertz CT molecular complexity index is 475. The molecule has 0 fully saturated rings. The molecule has 0 bridgehead atoms. The highest BCUT2D eigenvalue weighted by molar-refractivity contribution is 7.12. The van der Waals surface area contributed by atoms with Gasteiger partial charge in [-0.05, 0) is 19.8 Å². The normalized spacial score (nSPS) is 15.4. The topological polar surface area (TPSA) is 62.2 Å². The van der Waals surface area contributed by atoms with Crippen LogP contribution in [-0.2, 0) is 10.2 Å². The van der Waals surface area contributed by atoms with Gasteiger partial charge in [0.2, 0.25) is 0 Å². The Morgan fingerprint density at radius 3 is 2.20 bits per heavy atom. The van der Waals surface area contributed by atoms with Crippen LogP contribution < -0.4 is 5.32 Å². The number of aliphatic carboxylic acids is 1. The minimum Gasteiger partial charge on any atom is -0.480 e. The van der Waals surface area contributed by atoms with Gasteiger partial charge in [-0.15, -0.1) is 11.3 Å². The van der Waals surface area contributed by atoms with E-state index in [1.807, 2.05) is 27.7 Å². The zero-order valence-electron chi connectivity index (χ0n) is 13.4. The Kier molecular flexibility index (Phi) is 5.33. The number of hydrogen-bond acceptors (Lipinski definition) is 4. The van der Waals surface area contributed by atoms with E-state index in [1.165, 1.54) is 0 Å². The van der Waals surface area contributed by atoms with Crippen molar-refractivity contribution in [3.8, 4) is 0 Å². The summed E-state index contributed by atoms with van der Waals surface area (Å²) in [7, 11) is 0. The first-order chi connectivity index (χ1) is 9.04. The van der Waals surface area contributed by atoms with E-state index < -0.39 is 12.0 Å². The molecule has 5 heteroatoms. The molecular weight excluding hydrogens is 272 g/mol. The van der Waals surface area contributed by atoms with Crippen LogP contribution in [0.4, 0.5) is 0 Å². The molecule has 0 aliphatic heterocycles. The van der Waals surface area contributed by atoms with Gasteiger partial charge in [0.25, 0.3) is 0 Å². The standard InChI is InChI=1S/C15H26N2O2S/c1-8(2)11(13(18)19)16-9(3)12-10(4)17-14(20-12)15(5,6)7/h8-9,11,16H,1-7H3,(H,18,19). The summed E-state index contributed by atoms with van der Waals surface area (Å²) in [5.41, 5.74) is 1.02. The van der Waals surface area contributed by atoms with Crippen LogP contribution in [0, 0.1) is 12.8 Å². The lowest BCUT2D eigenvalue weighted by Crippen LogP contribution is -2.42. The summed E-state index contributed by atoms with van der Waals surface area (Å²) in [6, 6.07) is -0.545. The molecule has 1 aromatic rings. The molecule has 0 aliphatic carbocycles. The third kappa shape index (κ3) is 4.03. The lowest BCUT2D eigenvalue weighted by molar-refractivity contribution is -0.140. The number of aryl methyl sites for hydroxylation is 1. The van der Waals surface area contributed by atoms with Crippen molar-refractivity contribution in [2.75, 3.05) is 0 Å². The van der Waals surface area contributed by atoms with Crippen LogP contribution in [0.2, 0.25) is 0 Å². The van der Waals surface area contributed by atoms with E-state index >= 15 is 0 Å². The van der Waals surface area contributed by atoms with E-state index in [2.05, 4.69) is 31.1 Å². The predicted molar refractivity (Wildman–Crippen MR) is 83.4 cm³/mol. The Morgan fingerprint density at radius 1 is 1.30 bits per heavy atom. The van der Waals surface area contributed by atoms with E-state index in [-0.39, 0.29) is 17.4 Å². The molecule has 1 heterocycles. The largest absolute Gasteiger partial charge is 0.480 e. The van der Waals surface area contributed by atoms with Crippen LogP contribution in [0.25, 0.3) is 0 Å². The highest BCUT2D eigenvalue weighted by Gasteiger charge is 2.27. The molecule has 2 N–H and O–H groups in total. The first-order valence-electron chi connectivity index (χ1n) is 7.00. The van der Waals surface area contributed by atoms with Gasteiger partial charge in [0, 0.05) is 16.3 Å². The number of carboxylic acids is 1. The Hall–Kier alpha value is -0.940. The Balaban J connectivity index is 2.95. The second-order valence-corrected chi connectivity index (χ2v) is 7.70. The van der Waals surface area contributed by atoms with Crippen LogP contribution in [-0.4, -0.2) is 22.1 Å². The quantitative estimate of drug-likeness (QED) is 0.873. The number of aromatic nitrogens is 1. The number of carboxylic acid groups (broad SMARTS) is 1. The number of nitrogens with one attached hydrogen (secondary N) is 1. The van der Waals surface area contributed by atoms with E-state index in [0.717, 1.165) is 15.6 Å². The fourth-order valence-electron chi connectivity index (χ4n) is 2.02. The minimum absolute atomic E-state index is 0.00731. The maximum absolute atomic E-state index is 11.3. The fraction of sp³-hybridized carbons (Fsp3) is 0.733. The highest BCUT2D eigenvalue weighted by Crippen LogP contribution is 2.32. The number of carbonyl (C=O) groups is 1. The van der Waals surface area contributed by atoms with Crippen molar-refractivity contribution >= 4 is 17.3 Å². The molecule has 0 aliphatic rings. The van der Waals surface area contributed by atoms with Gasteiger partial charge < -0.3 is 5.11 Å². The van der Waals surface area contributed by atoms with E-state index in [0.29, 0.717) is 0 Å². The average Bonchev–Trinajstić information content (AvgIpc) is 2.66. The second-order valence-electron chi connectivity index (χ2n) is 6.67. The second kappa shape index (κ2) is 6.22. The molecule has 20 heavy (non-hydrogen) atoms. The SMILES string of the molecule is Cc1nc(C(C)(C)C)sc1C(C)NC(C(=O)O)C(C)C. The van der Waals surface area contributed by atoms with Gasteiger partial charge >= 0.3 is 5.97 Å². The van der Waals surface area contributed by atoms with Gasteiger partial charge in [-0.25, -0.2) is 4.98 Å². The molecule has 0 saturated carbocycles. The summed E-state index contributed by atoms with van der Waals surface area (Å²) in [6.07, 6.45) is 0. The highest BCUT2D eigenvalue weighted by atomic mass is 32.1. The minimum atomic E-state index is -0.801. The average molecular weight is 298 g/mol. The smallest absolute Gasteiger partial charge is 0.320 e. The van der Waals surface area contributed by atoms with Crippen molar-refractivity contribution in [3.05, 3.63) is 15.6 Å². The van der Waals surface area contributed by atoms with Gasteiger partial charge in [-0.2, -0.15) is 0 Å². The first kappa shape index (κ1) is 17.1. The molecule has 0 saturated heterocycles. The molecule has 1 rings (SSSR count).